The average molecular weight is 593 g/mol. The number of benzene rings is 1. The predicted molar refractivity (Wildman–Crippen MR) is 144 cm³/mol. The minimum Gasteiger partial charge on any atom is -0.0548 e. The Hall–Kier alpha value is -2.00. The maximum atomic E-state index is 13.2. The van der Waals surface area contributed by atoms with Gasteiger partial charge in [-0.1, -0.05) is 19.9 Å². The van der Waals surface area contributed by atoms with E-state index in [4.69, 9.17) is 23.7 Å². The first-order chi connectivity index (χ1) is 18.2. The van der Waals surface area contributed by atoms with Crippen LogP contribution in [0, 0.1) is 17.3 Å². The van der Waals surface area contributed by atoms with Gasteiger partial charge in [-0.05, 0) is 0 Å². The van der Waals surface area contributed by atoms with E-state index >= 15 is 0 Å². The smallest absolute Gasteiger partial charge is 0.0548 e. The van der Waals surface area contributed by atoms with E-state index in [0.29, 0.717) is 6.42 Å². The summed E-state index contributed by atoms with van der Waals surface area (Å²) in [6.45, 7) is 12.0. The third kappa shape index (κ3) is 6.09. The molecule has 4 rings (SSSR count). The normalized spacial score (nSPS) is 34.3. The van der Waals surface area contributed by atoms with Crippen LogP contribution in [0.5, 0.6) is 0 Å². The topological polar surface area (TPSA) is 92.3 Å². The number of hydrogen-bond donors (Lipinski definition) is 1. The molecule has 0 aliphatic carbocycles. The summed E-state index contributed by atoms with van der Waals surface area (Å²) in [7, 11) is 1.64. The summed E-state index contributed by atoms with van der Waals surface area (Å²) in [5.41, 5.74) is -0.365. The van der Waals surface area contributed by atoms with Gasteiger partial charge in [-0.25, -0.2) is 0 Å². The van der Waals surface area contributed by atoms with Gasteiger partial charge >= 0.3 is 198 Å². The fraction of sp³-hybridized carbons (Fsp3) is 0.586. The van der Waals surface area contributed by atoms with E-state index in [0.717, 1.165) is 5.32 Å². The van der Waals surface area contributed by atoms with Gasteiger partial charge in [-0.3, -0.25) is 0 Å². The Balaban J connectivity index is 1.46. The zero-order chi connectivity index (χ0) is 27.4. The summed E-state index contributed by atoms with van der Waals surface area (Å²) in [5, 5.41) is 3.65. The van der Waals surface area contributed by atoms with Crippen molar-refractivity contribution in [2.45, 2.75) is 76.2 Å². The summed E-state index contributed by atoms with van der Waals surface area (Å²) in [5.74, 6) is -1.05. The van der Waals surface area contributed by atoms with Crippen molar-refractivity contribution in [3.8, 4) is 0 Å². The molecule has 2 saturated heterocycles. The number of fused-ring (bicyclic) bond motifs is 1. The number of Topliss-reactive ketones (excluding diaryl/α,β-unsaturated/α-hetero) is 1. The molecular weight excluding hydrogens is 553 g/mol. The van der Waals surface area contributed by atoms with Crippen molar-refractivity contribution < 1.29 is 33.3 Å². The molecule has 1 aromatic rings. The molecule has 38 heavy (non-hydrogen) atoms. The van der Waals surface area contributed by atoms with Gasteiger partial charge in [0.05, 0.1) is 0 Å². The van der Waals surface area contributed by atoms with Crippen molar-refractivity contribution >= 4 is 31.1 Å². The third-order valence-corrected chi connectivity index (χ3v) is 10.4. The number of nitrogens with one attached hydrogen (secondary N) is 1. The molecule has 0 bridgehead atoms. The Morgan fingerprint density at radius 3 is 2.61 bits per heavy atom. The Bertz CT molecular complexity index is 1030. The van der Waals surface area contributed by atoms with Crippen LogP contribution in [0.2, 0.25) is 5.32 Å². The molecule has 9 heteroatoms. The number of carbonyl (C=O) groups is 2. The molecule has 1 amide bonds. The molecule has 1 N–H and O–H groups in total. The average Bonchev–Trinajstić information content (AvgIpc) is 2.90. The van der Waals surface area contributed by atoms with Crippen molar-refractivity contribution in [2.75, 3.05) is 13.9 Å². The van der Waals surface area contributed by atoms with Gasteiger partial charge in [0.1, 0.15) is 0 Å². The number of allylic oxidation sites excluding steroid dienone is 1. The number of ether oxygens (including phenoxy) is 5. The van der Waals surface area contributed by atoms with E-state index in [-0.39, 0.29) is 63.1 Å². The number of methoxy groups -OCH3 is 1. The Morgan fingerprint density at radius 1 is 1.18 bits per heavy atom. The van der Waals surface area contributed by atoms with Crippen LogP contribution in [0.25, 0.3) is 0 Å². The molecule has 0 unspecified atom stereocenters. The molecule has 3 heterocycles. The Labute approximate surface area is 231 Å². The minimum atomic E-state index is -0.871. The van der Waals surface area contributed by atoms with Crippen LogP contribution in [-0.4, -0.2) is 77.3 Å². The van der Waals surface area contributed by atoms with Crippen molar-refractivity contribution in [2.24, 2.45) is 17.3 Å². The van der Waals surface area contributed by atoms with Crippen LogP contribution in [0.4, 0.5) is 0 Å². The molecular formula is C29H39NO7Se. The summed E-state index contributed by atoms with van der Waals surface area (Å²) in [6.07, 6.45) is 1.51. The summed E-state index contributed by atoms with van der Waals surface area (Å²) in [6, 6.07) is 10.3. The van der Waals surface area contributed by atoms with E-state index in [1.165, 1.54) is 4.46 Å². The molecule has 0 aromatic heterocycles. The number of ketones is 1. The van der Waals surface area contributed by atoms with Crippen LogP contribution in [0.1, 0.15) is 34.1 Å². The first kappa shape index (κ1) is 29.0. The second-order valence-electron chi connectivity index (χ2n) is 10.7. The van der Waals surface area contributed by atoms with Gasteiger partial charge in [0.25, 0.3) is 0 Å². The van der Waals surface area contributed by atoms with Crippen molar-refractivity contribution in [1.29, 1.82) is 0 Å². The predicted octanol–water partition coefficient (Wildman–Crippen LogP) is 2.76. The quantitative estimate of drug-likeness (QED) is 0.268. The van der Waals surface area contributed by atoms with Crippen LogP contribution in [0.3, 0.4) is 0 Å². The summed E-state index contributed by atoms with van der Waals surface area (Å²) in [4.78, 5) is 26.4. The van der Waals surface area contributed by atoms with E-state index in [9.17, 15) is 9.59 Å². The standard InChI is InChI=1S/C29H39NO7Se/c1-7-11-22-29(4,5)26(33-6)24-25(37-22)28(35-16-34-24)30-27(32)23(31)21-14-19(17(2)18(3)36-21)15-38-20-12-9-8-10-13-20/h7-10,12-14,17-19,22,24-26,28H,1,11,15-16H2,2-6H3,(H,30,32)/t17-,18+,19-,22+,24-,25-,26+,28-/m0/s1. The Morgan fingerprint density at radius 2 is 1.92 bits per heavy atom. The molecule has 208 valence electrons. The Kier molecular flexibility index (Phi) is 9.50. The molecule has 2 fully saturated rings. The van der Waals surface area contributed by atoms with Gasteiger partial charge in [-0.15, -0.1) is 6.58 Å². The van der Waals surface area contributed by atoms with Gasteiger partial charge in [0.15, 0.2) is 0 Å². The molecule has 0 radical (unpaired) electrons. The molecule has 1 aromatic carbocycles. The van der Waals surface area contributed by atoms with E-state index < -0.39 is 30.1 Å². The fourth-order valence-electron chi connectivity index (χ4n) is 5.39. The number of carbonyl (C=O) groups excluding carboxylic acids is 2. The zero-order valence-electron chi connectivity index (χ0n) is 22.8. The van der Waals surface area contributed by atoms with Crippen LogP contribution < -0.4 is 9.78 Å². The molecule has 3 aliphatic rings. The molecule has 8 nitrogen and oxygen atoms in total. The van der Waals surface area contributed by atoms with Crippen molar-refractivity contribution in [3.05, 3.63) is 54.8 Å². The fourth-order valence-corrected chi connectivity index (χ4v) is 7.77. The molecule has 8 atom stereocenters. The maximum absolute atomic E-state index is 13.2. The van der Waals surface area contributed by atoms with Gasteiger partial charge in [-0.2, -0.15) is 0 Å². The first-order valence-corrected chi connectivity index (χ1v) is 15.2. The molecule has 0 saturated carbocycles. The van der Waals surface area contributed by atoms with Crippen molar-refractivity contribution in [3.63, 3.8) is 0 Å². The van der Waals surface area contributed by atoms with Gasteiger partial charge in [0, 0.05) is 7.11 Å². The molecule has 3 aliphatic heterocycles. The van der Waals surface area contributed by atoms with Crippen LogP contribution in [0.15, 0.2) is 54.8 Å². The van der Waals surface area contributed by atoms with E-state index in [1.807, 2.05) is 31.2 Å². The number of amides is 1. The molecule has 0 spiro atoms. The van der Waals surface area contributed by atoms with Crippen molar-refractivity contribution in [1.82, 2.24) is 5.32 Å². The van der Waals surface area contributed by atoms with Gasteiger partial charge in [0.2, 0.25) is 0 Å². The van der Waals surface area contributed by atoms with Crippen LogP contribution >= 0.6 is 0 Å². The summed E-state index contributed by atoms with van der Waals surface area (Å²) < 4.78 is 31.0. The third-order valence-electron chi connectivity index (χ3n) is 7.93. The van der Waals surface area contributed by atoms with E-state index in [2.05, 4.69) is 44.8 Å². The SMILES string of the molecule is C=CC[C@H]1O[C@H]2[C@H](OCO[C@@H]2NC(=O)C(=O)C2=C[C@@H](C[Se]c3ccccc3)[C@@H](C)[C@@H](C)O2)[C@@H](OC)C1(C)C. The second kappa shape index (κ2) is 12.5. The zero-order valence-corrected chi connectivity index (χ0v) is 24.5. The van der Waals surface area contributed by atoms with Crippen LogP contribution in [-0.2, 0) is 33.3 Å². The summed E-state index contributed by atoms with van der Waals surface area (Å²) >= 11 is 0.251. The number of hydrogen-bond acceptors (Lipinski definition) is 7. The minimum absolute atomic E-state index is 0.0525. The monoisotopic (exact) mass is 593 g/mol. The number of rotatable bonds is 9. The van der Waals surface area contributed by atoms with Gasteiger partial charge < -0.3 is 0 Å². The first-order valence-electron chi connectivity index (χ1n) is 13.1. The second-order valence-corrected chi connectivity index (χ2v) is 13.0. The van der Waals surface area contributed by atoms with E-state index in [1.54, 1.807) is 13.2 Å².